The van der Waals surface area contributed by atoms with Crippen LogP contribution in [-0.2, 0) is 13.6 Å². The van der Waals surface area contributed by atoms with E-state index in [0.717, 1.165) is 17.0 Å². The van der Waals surface area contributed by atoms with Gasteiger partial charge in [-0.2, -0.15) is 5.10 Å². The molecule has 0 spiro atoms. The fourth-order valence-electron chi connectivity index (χ4n) is 1.52. The zero-order valence-electron chi connectivity index (χ0n) is 10.4. The summed E-state index contributed by atoms with van der Waals surface area (Å²) in [7, 11) is 1.81. The van der Waals surface area contributed by atoms with Gasteiger partial charge < -0.3 is 10.4 Å². The first kappa shape index (κ1) is 13.2. The Morgan fingerprint density at radius 1 is 1.53 bits per heavy atom. The van der Waals surface area contributed by atoms with E-state index in [9.17, 15) is 9.59 Å². The monoisotopic (exact) mass is 280 g/mol. The number of aromatic nitrogens is 3. The Balaban J connectivity index is 2.18. The third-order valence-electron chi connectivity index (χ3n) is 2.49. The molecule has 0 saturated carbocycles. The Morgan fingerprint density at radius 2 is 2.26 bits per heavy atom. The van der Waals surface area contributed by atoms with Gasteiger partial charge in [0.1, 0.15) is 4.88 Å². The van der Waals surface area contributed by atoms with E-state index < -0.39 is 5.97 Å². The molecular formula is C11H12N4O3S. The van der Waals surface area contributed by atoms with Crippen LogP contribution < -0.4 is 5.32 Å². The second-order valence-electron chi connectivity index (χ2n) is 3.86. The Hall–Kier alpha value is -2.22. The van der Waals surface area contributed by atoms with Gasteiger partial charge in [-0.15, -0.1) is 0 Å². The topological polar surface area (TPSA) is 97.1 Å². The number of anilines is 1. The number of Topliss-reactive ketones (excluding diaryl/α,β-unsaturated/α-hetero) is 1. The molecule has 0 bridgehead atoms. The highest BCUT2D eigenvalue weighted by Gasteiger charge is 2.20. The van der Waals surface area contributed by atoms with Crippen LogP contribution in [0.25, 0.3) is 0 Å². The average molecular weight is 280 g/mol. The number of hydrogen-bond acceptors (Lipinski definition) is 6. The standard InChI is InChI=1S/C11H12N4O3S/c1-6(16)9-8(10(17)18)14-11(19-9)12-5-7-3-4-13-15(7)2/h3-4H,5H2,1-2H3,(H,12,14)(H,17,18). The highest BCUT2D eigenvalue weighted by Crippen LogP contribution is 2.24. The number of carboxylic acids is 1. The Labute approximate surface area is 112 Å². The predicted octanol–water partition coefficient (Wildman–Crippen LogP) is 1.39. The smallest absolute Gasteiger partial charge is 0.356 e. The van der Waals surface area contributed by atoms with Crippen molar-refractivity contribution in [2.75, 3.05) is 5.32 Å². The average Bonchev–Trinajstić information content (AvgIpc) is 2.92. The largest absolute Gasteiger partial charge is 0.476 e. The number of ketones is 1. The minimum Gasteiger partial charge on any atom is -0.476 e. The van der Waals surface area contributed by atoms with E-state index in [1.807, 2.05) is 13.1 Å². The number of thiazole rings is 1. The molecule has 0 saturated heterocycles. The van der Waals surface area contributed by atoms with Gasteiger partial charge in [0.15, 0.2) is 16.6 Å². The van der Waals surface area contributed by atoms with Crippen molar-refractivity contribution in [1.29, 1.82) is 0 Å². The molecule has 100 valence electrons. The van der Waals surface area contributed by atoms with Crippen molar-refractivity contribution in [3.63, 3.8) is 0 Å². The lowest BCUT2D eigenvalue weighted by Gasteiger charge is -2.02. The first-order chi connectivity index (χ1) is 8.99. The minimum absolute atomic E-state index is 0.153. The van der Waals surface area contributed by atoms with Crippen LogP contribution in [0.1, 0.15) is 32.8 Å². The maximum Gasteiger partial charge on any atom is 0.356 e. The zero-order valence-corrected chi connectivity index (χ0v) is 11.2. The Morgan fingerprint density at radius 3 is 2.74 bits per heavy atom. The van der Waals surface area contributed by atoms with Crippen LogP contribution >= 0.6 is 11.3 Å². The molecule has 0 aliphatic carbocycles. The van der Waals surface area contributed by atoms with Gasteiger partial charge in [-0.25, -0.2) is 9.78 Å². The molecule has 2 aromatic rings. The number of rotatable bonds is 5. The third kappa shape index (κ3) is 2.79. The number of aromatic carboxylic acids is 1. The summed E-state index contributed by atoms with van der Waals surface area (Å²) in [6.45, 7) is 1.78. The molecule has 0 amide bonds. The number of carbonyl (C=O) groups is 2. The minimum atomic E-state index is -1.20. The maximum absolute atomic E-state index is 11.3. The predicted molar refractivity (Wildman–Crippen MR) is 69.6 cm³/mol. The number of carbonyl (C=O) groups excluding carboxylic acids is 1. The van der Waals surface area contributed by atoms with E-state index in [1.54, 1.807) is 10.9 Å². The second-order valence-corrected chi connectivity index (χ2v) is 4.86. The van der Waals surface area contributed by atoms with Gasteiger partial charge in [0.05, 0.1) is 12.2 Å². The van der Waals surface area contributed by atoms with Gasteiger partial charge >= 0.3 is 5.97 Å². The van der Waals surface area contributed by atoms with Crippen LogP contribution in [0, 0.1) is 0 Å². The fourth-order valence-corrected chi connectivity index (χ4v) is 2.37. The summed E-state index contributed by atoms with van der Waals surface area (Å²) in [4.78, 5) is 26.4. The molecule has 2 N–H and O–H groups in total. The number of nitrogens with zero attached hydrogens (tertiary/aromatic N) is 3. The number of aryl methyl sites for hydroxylation is 1. The van der Waals surface area contributed by atoms with Gasteiger partial charge in [-0.05, 0) is 6.07 Å². The number of nitrogens with one attached hydrogen (secondary N) is 1. The molecule has 7 nitrogen and oxygen atoms in total. The Bertz CT molecular complexity index is 600. The molecule has 19 heavy (non-hydrogen) atoms. The molecule has 0 aliphatic heterocycles. The molecule has 0 radical (unpaired) electrons. The molecule has 0 unspecified atom stereocenters. The van der Waals surface area contributed by atoms with E-state index >= 15 is 0 Å². The van der Waals surface area contributed by atoms with Gasteiger partial charge in [0, 0.05) is 20.2 Å². The van der Waals surface area contributed by atoms with Crippen LogP contribution in [0.4, 0.5) is 5.13 Å². The molecule has 0 aromatic carbocycles. The van der Waals surface area contributed by atoms with Crippen molar-refractivity contribution >= 4 is 28.2 Å². The van der Waals surface area contributed by atoms with Gasteiger partial charge in [0.2, 0.25) is 0 Å². The molecule has 8 heteroatoms. The van der Waals surface area contributed by atoms with E-state index in [1.165, 1.54) is 6.92 Å². The summed E-state index contributed by atoms with van der Waals surface area (Å²) in [5, 5.41) is 16.4. The Kier molecular flexibility index (Phi) is 3.61. The van der Waals surface area contributed by atoms with Gasteiger partial charge in [-0.1, -0.05) is 11.3 Å². The van der Waals surface area contributed by atoms with Gasteiger partial charge in [0.25, 0.3) is 0 Å². The highest BCUT2D eigenvalue weighted by molar-refractivity contribution is 7.17. The van der Waals surface area contributed by atoms with Crippen LogP contribution in [0.15, 0.2) is 12.3 Å². The molecule has 2 heterocycles. The molecule has 0 fully saturated rings. The molecule has 2 aromatic heterocycles. The van der Waals surface area contributed by atoms with Crippen LogP contribution in [0.5, 0.6) is 0 Å². The van der Waals surface area contributed by atoms with Crippen molar-refractivity contribution in [1.82, 2.24) is 14.8 Å². The summed E-state index contributed by atoms with van der Waals surface area (Å²) < 4.78 is 1.70. The van der Waals surface area contributed by atoms with Crippen LogP contribution in [-0.4, -0.2) is 31.6 Å². The SMILES string of the molecule is CC(=O)c1sc(NCc2ccnn2C)nc1C(=O)O. The zero-order chi connectivity index (χ0) is 14.0. The lowest BCUT2D eigenvalue weighted by atomic mass is 10.3. The van der Waals surface area contributed by atoms with E-state index in [2.05, 4.69) is 15.4 Å². The first-order valence-corrected chi connectivity index (χ1v) is 6.26. The van der Waals surface area contributed by atoms with Gasteiger partial charge in [-0.3, -0.25) is 9.48 Å². The summed E-state index contributed by atoms with van der Waals surface area (Å²) >= 11 is 1.04. The molecule has 0 atom stereocenters. The van der Waals surface area contributed by atoms with E-state index in [0.29, 0.717) is 11.7 Å². The normalized spacial score (nSPS) is 10.4. The lowest BCUT2D eigenvalue weighted by Crippen LogP contribution is -2.06. The van der Waals surface area contributed by atoms with Crippen LogP contribution in [0.2, 0.25) is 0 Å². The van der Waals surface area contributed by atoms with E-state index in [4.69, 9.17) is 5.11 Å². The molecular weight excluding hydrogens is 268 g/mol. The first-order valence-electron chi connectivity index (χ1n) is 5.45. The molecule has 2 rings (SSSR count). The second kappa shape index (κ2) is 5.19. The lowest BCUT2D eigenvalue weighted by molar-refractivity contribution is 0.0687. The number of carboxylic acid groups (broad SMARTS) is 1. The summed E-state index contributed by atoms with van der Waals surface area (Å²) in [5.41, 5.74) is 0.724. The van der Waals surface area contributed by atoms with Crippen molar-refractivity contribution in [3.05, 3.63) is 28.5 Å². The van der Waals surface area contributed by atoms with E-state index in [-0.39, 0.29) is 16.4 Å². The fraction of sp³-hybridized carbons (Fsp3) is 0.273. The van der Waals surface area contributed by atoms with Crippen molar-refractivity contribution in [2.24, 2.45) is 7.05 Å². The van der Waals surface area contributed by atoms with Crippen molar-refractivity contribution in [3.8, 4) is 0 Å². The third-order valence-corrected chi connectivity index (χ3v) is 3.61. The van der Waals surface area contributed by atoms with Crippen molar-refractivity contribution in [2.45, 2.75) is 13.5 Å². The molecule has 0 aliphatic rings. The number of hydrogen-bond donors (Lipinski definition) is 2. The summed E-state index contributed by atoms with van der Waals surface area (Å²) in [5.74, 6) is -1.50. The quantitative estimate of drug-likeness (QED) is 0.803. The summed E-state index contributed by atoms with van der Waals surface area (Å²) in [6, 6.07) is 1.84. The highest BCUT2D eigenvalue weighted by atomic mass is 32.1. The van der Waals surface area contributed by atoms with Crippen molar-refractivity contribution < 1.29 is 14.7 Å². The maximum atomic E-state index is 11.3. The summed E-state index contributed by atoms with van der Waals surface area (Å²) in [6.07, 6.45) is 1.67. The van der Waals surface area contributed by atoms with Crippen LogP contribution in [0.3, 0.4) is 0 Å².